The highest BCUT2D eigenvalue weighted by Gasteiger charge is 2.42. The number of nitrogens with one attached hydrogen (secondary N) is 2. The number of primary amides is 1. The van der Waals surface area contributed by atoms with Crippen molar-refractivity contribution in [3.63, 3.8) is 0 Å². The van der Waals surface area contributed by atoms with Gasteiger partial charge in [0, 0.05) is 40.7 Å². The minimum absolute atomic E-state index is 0.0278. The number of likely N-dealkylation sites (N-methyl/N-ethyl adjacent to an activating group) is 2. The fraction of sp³-hybridized carbons (Fsp3) is 0.718. The summed E-state index contributed by atoms with van der Waals surface area (Å²) in [5, 5.41) is 15.3. The van der Waals surface area contributed by atoms with Crippen LogP contribution in [0.3, 0.4) is 0 Å². The fourth-order valence-corrected chi connectivity index (χ4v) is 6.98. The minimum Gasteiger partial charge on any atom is -0.480 e. The largest absolute Gasteiger partial charge is 0.480 e. The Kier molecular flexibility index (Phi) is 20.7. The molecule has 1 saturated heterocycles. The van der Waals surface area contributed by atoms with Gasteiger partial charge in [-0.05, 0) is 43.2 Å². The predicted molar refractivity (Wildman–Crippen MR) is 202 cm³/mol. The molecule has 1 aliphatic rings. The van der Waals surface area contributed by atoms with Crippen LogP contribution < -0.4 is 16.4 Å². The van der Waals surface area contributed by atoms with Gasteiger partial charge in [-0.2, -0.15) is 0 Å². The lowest BCUT2D eigenvalue weighted by atomic mass is 9.90. The van der Waals surface area contributed by atoms with Crippen LogP contribution in [0, 0.1) is 23.7 Å². The van der Waals surface area contributed by atoms with Gasteiger partial charge in [0.25, 0.3) is 0 Å². The number of carbonyl (C=O) groups excluding carboxylic acids is 4. The topological polar surface area (TPSA) is 181 Å². The lowest BCUT2D eigenvalue weighted by molar-refractivity contribution is -0.147. The van der Waals surface area contributed by atoms with E-state index in [0.717, 1.165) is 18.4 Å². The second kappa shape index (κ2) is 23.2. The first kappa shape index (κ1) is 46.5. The highest BCUT2D eigenvalue weighted by molar-refractivity contribution is 5.85. The first-order chi connectivity index (χ1) is 24.4. The molecule has 8 atom stereocenters. The standard InChI is InChI=1S/C33H53N3O7.C6H14N2O/c1-9-22(4)30(35(6)28(37)18-21(2)3)27(42-7)20-29(38)36-17-13-16-26(36)31(43-8)23(5)32(39)34-25(33(40)41)19-24-14-11-10-12-15-24;1-4(2)5(8-3)6(7)9/h10-12,14-15,21-23,25-27,30-31H,9,13,16-20H2,1-8H3,(H,34,39)(H,40,41);4-5,8H,1-3H3,(H2,7,9). The molecule has 1 fully saturated rings. The third-order valence-corrected chi connectivity index (χ3v) is 10.1. The van der Waals surface area contributed by atoms with Crippen LogP contribution in [0.25, 0.3) is 0 Å². The van der Waals surface area contributed by atoms with Gasteiger partial charge in [-0.1, -0.05) is 85.2 Å². The molecule has 5 N–H and O–H groups in total. The van der Waals surface area contributed by atoms with E-state index in [2.05, 4.69) is 24.5 Å². The summed E-state index contributed by atoms with van der Waals surface area (Å²) in [6.45, 7) is 14.3. The molecule has 1 aromatic carbocycles. The van der Waals surface area contributed by atoms with E-state index in [-0.39, 0.29) is 66.4 Å². The van der Waals surface area contributed by atoms with Crippen LogP contribution in [0.1, 0.15) is 86.1 Å². The number of carboxylic acids is 1. The Hall–Kier alpha value is -3.55. The van der Waals surface area contributed by atoms with Gasteiger partial charge in [0.05, 0.1) is 42.7 Å². The zero-order valence-electron chi connectivity index (χ0n) is 33.4. The van der Waals surface area contributed by atoms with Gasteiger partial charge in [-0.3, -0.25) is 19.2 Å². The molecule has 0 aromatic heterocycles. The first-order valence-electron chi connectivity index (χ1n) is 18.6. The number of nitrogens with zero attached hydrogens (tertiary/aromatic N) is 2. The van der Waals surface area contributed by atoms with E-state index in [1.54, 1.807) is 37.9 Å². The van der Waals surface area contributed by atoms with Crippen molar-refractivity contribution in [3.8, 4) is 0 Å². The highest BCUT2D eigenvalue weighted by atomic mass is 16.5. The molecule has 13 heteroatoms. The van der Waals surface area contributed by atoms with E-state index in [1.165, 1.54) is 7.11 Å². The van der Waals surface area contributed by atoms with Gasteiger partial charge >= 0.3 is 5.97 Å². The summed E-state index contributed by atoms with van der Waals surface area (Å²) in [7, 11) is 6.62. The maximum absolute atomic E-state index is 13.8. The fourth-order valence-electron chi connectivity index (χ4n) is 6.98. The van der Waals surface area contributed by atoms with Crippen LogP contribution in [0.15, 0.2) is 30.3 Å². The van der Waals surface area contributed by atoms with Crippen LogP contribution in [-0.4, -0.2) is 116 Å². The van der Waals surface area contributed by atoms with Crippen LogP contribution in [0.4, 0.5) is 0 Å². The van der Waals surface area contributed by atoms with E-state index < -0.39 is 36.0 Å². The molecular formula is C39H67N5O8. The summed E-state index contributed by atoms with van der Waals surface area (Å²) < 4.78 is 11.7. The van der Waals surface area contributed by atoms with Crippen molar-refractivity contribution in [1.29, 1.82) is 0 Å². The summed E-state index contributed by atoms with van der Waals surface area (Å²) in [5.41, 5.74) is 5.85. The monoisotopic (exact) mass is 733 g/mol. The van der Waals surface area contributed by atoms with Crippen LogP contribution in [-0.2, 0) is 39.9 Å². The van der Waals surface area contributed by atoms with Crippen molar-refractivity contribution in [3.05, 3.63) is 35.9 Å². The molecule has 1 aliphatic heterocycles. The minimum atomic E-state index is -1.12. The Morgan fingerprint density at radius 3 is 2.06 bits per heavy atom. The summed E-state index contributed by atoms with van der Waals surface area (Å²) in [6.07, 6.45) is 1.79. The van der Waals surface area contributed by atoms with Gasteiger partial charge in [0.2, 0.25) is 23.6 Å². The van der Waals surface area contributed by atoms with E-state index >= 15 is 0 Å². The second-order valence-corrected chi connectivity index (χ2v) is 14.7. The van der Waals surface area contributed by atoms with Crippen LogP contribution in [0.2, 0.25) is 0 Å². The number of carbonyl (C=O) groups is 5. The number of amides is 4. The molecule has 0 spiro atoms. The molecule has 2 rings (SSSR count). The number of hydrogen-bond acceptors (Lipinski definition) is 8. The van der Waals surface area contributed by atoms with E-state index in [0.29, 0.717) is 19.4 Å². The maximum Gasteiger partial charge on any atom is 0.326 e. The number of likely N-dealkylation sites (tertiary alicyclic amines) is 1. The number of ether oxygens (including phenoxy) is 2. The Bertz CT molecular complexity index is 1260. The van der Waals surface area contributed by atoms with Crippen molar-refractivity contribution in [2.24, 2.45) is 29.4 Å². The van der Waals surface area contributed by atoms with Gasteiger partial charge in [0.1, 0.15) is 6.04 Å². The lowest BCUT2D eigenvalue weighted by Gasteiger charge is -2.39. The number of aliphatic carboxylic acids is 1. The number of benzene rings is 1. The van der Waals surface area contributed by atoms with Crippen molar-refractivity contribution in [2.75, 3.05) is 34.9 Å². The normalized spacial score (nSPS) is 18.3. The van der Waals surface area contributed by atoms with Gasteiger partial charge in [0.15, 0.2) is 0 Å². The summed E-state index contributed by atoms with van der Waals surface area (Å²) in [4.78, 5) is 66.1. The molecule has 1 aromatic rings. The summed E-state index contributed by atoms with van der Waals surface area (Å²) in [6, 6.07) is 7.24. The molecule has 52 heavy (non-hydrogen) atoms. The zero-order chi connectivity index (χ0) is 39.7. The maximum atomic E-state index is 13.8. The molecule has 1 heterocycles. The number of hydrogen-bond donors (Lipinski definition) is 4. The van der Waals surface area contributed by atoms with Gasteiger partial charge in [-0.15, -0.1) is 0 Å². The Morgan fingerprint density at radius 1 is 1.00 bits per heavy atom. The average molecular weight is 734 g/mol. The number of carboxylic acid groups (broad SMARTS) is 1. The summed E-state index contributed by atoms with van der Waals surface area (Å²) >= 11 is 0. The van der Waals surface area contributed by atoms with Crippen molar-refractivity contribution in [2.45, 2.75) is 123 Å². The molecule has 8 unspecified atom stereocenters. The number of rotatable bonds is 20. The summed E-state index contributed by atoms with van der Waals surface area (Å²) in [5.74, 6) is -2.03. The molecule has 0 aliphatic carbocycles. The first-order valence-corrected chi connectivity index (χ1v) is 18.6. The third-order valence-electron chi connectivity index (χ3n) is 10.1. The van der Waals surface area contributed by atoms with Crippen molar-refractivity contribution >= 4 is 29.6 Å². The second-order valence-electron chi connectivity index (χ2n) is 14.7. The molecule has 0 bridgehead atoms. The van der Waals surface area contributed by atoms with Gasteiger partial charge in [-0.25, -0.2) is 4.79 Å². The van der Waals surface area contributed by atoms with Crippen LogP contribution in [0.5, 0.6) is 0 Å². The van der Waals surface area contributed by atoms with E-state index in [1.807, 2.05) is 58.0 Å². The zero-order valence-corrected chi connectivity index (χ0v) is 33.4. The quantitative estimate of drug-likeness (QED) is 0.156. The SMILES string of the molecule is CCC(C)C(C(CC(=O)N1CCCC1C(OC)C(C)C(=O)NC(Cc1ccccc1)C(=O)O)OC)N(C)C(=O)CC(C)C.CNC(C(N)=O)C(C)C. The van der Waals surface area contributed by atoms with Crippen molar-refractivity contribution in [1.82, 2.24) is 20.4 Å². The highest BCUT2D eigenvalue weighted by Crippen LogP contribution is 2.29. The Labute approximate surface area is 311 Å². The van der Waals surface area contributed by atoms with Crippen molar-refractivity contribution < 1.29 is 38.6 Å². The van der Waals surface area contributed by atoms with E-state index in [4.69, 9.17) is 15.2 Å². The average Bonchev–Trinajstić information content (AvgIpc) is 3.57. The molecule has 0 radical (unpaired) electrons. The van der Waals surface area contributed by atoms with Gasteiger partial charge < -0.3 is 40.7 Å². The number of nitrogens with two attached hydrogens (primary N) is 1. The van der Waals surface area contributed by atoms with E-state index in [9.17, 15) is 29.1 Å². The smallest absolute Gasteiger partial charge is 0.326 e. The third kappa shape index (κ3) is 14.1. The predicted octanol–water partition coefficient (Wildman–Crippen LogP) is 3.48. The molecular weight excluding hydrogens is 666 g/mol. The van der Waals surface area contributed by atoms with Crippen LogP contribution >= 0.6 is 0 Å². The lowest BCUT2D eigenvalue weighted by Crippen LogP contribution is -2.54. The molecule has 13 nitrogen and oxygen atoms in total. The number of methoxy groups -OCH3 is 2. The Balaban J connectivity index is 0.00000132. The molecule has 0 saturated carbocycles. The Morgan fingerprint density at radius 2 is 1.62 bits per heavy atom. The molecule has 4 amide bonds. The molecule has 296 valence electrons.